The average Bonchev–Trinajstić information content (AvgIpc) is 2.52. The fourth-order valence-electron chi connectivity index (χ4n) is 1.75. The number of hydrogen-bond donors (Lipinski definition) is 6. The molecule has 148 valence electrons. The SMILES string of the molecule is CC(C)[C@H](N)C(=O)N[C@@H](C)C(=O)N[C@@H](C)C(=O)N[C@@H](CC(=O)O)C(=O)O. The third-order valence-electron chi connectivity index (χ3n) is 3.52. The maximum Gasteiger partial charge on any atom is 0.326 e. The molecule has 0 aromatic heterocycles. The first-order valence-electron chi connectivity index (χ1n) is 7.98. The summed E-state index contributed by atoms with van der Waals surface area (Å²) in [6.45, 7) is 6.19. The van der Waals surface area contributed by atoms with Gasteiger partial charge in [-0.15, -0.1) is 0 Å². The first kappa shape index (κ1) is 23.3. The second-order valence-electron chi connectivity index (χ2n) is 6.23. The van der Waals surface area contributed by atoms with Gasteiger partial charge >= 0.3 is 11.9 Å². The van der Waals surface area contributed by atoms with Gasteiger partial charge in [0, 0.05) is 0 Å². The van der Waals surface area contributed by atoms with Crippen LogP contribution in [-0.4, -0.2) is 64.0 Å². The van der Waals surface area contributed by atoms with E-state index in [2.05, 4.69) is 10.6 Å². The molecule has 3 amide bonds. The highest BCUT2D eigenvalue weighted by Gasteiger charge is 2.28. The predicted molar refractivity (Wildman–Crippen MR) is 89.8 cm³/mol. The zero-order chi connectivity index (χ0) is 20.6. The smallest absolute Gasteiger partial charge is 0.326 e. The number of carboxylic acid groups (broad SMARTS) is 2. The summed E-state index contributed by atoms with van der Waals surface area (Å²) in [6.07, 6.45) is -0.804. The van der Waals surface area contributed by atoms with Crippen molar-refractivity contribution in [2.75, 3.05) is 0 Å². The topological polar surface area (TPSA) is 188 Å². The Balaban J connectivity index is 4.68. The fourth-order valence-corrected chi connectivity index (χ4v) is 1.75. The zero-order valence-corrected chi connectivity index (χ0v) is 15.1. The molecule has 11 nitrogen and oxygen atoms in total. The fraction of sp³-hybridized carbons (Fsp3) is 0.667. The molecule has 0 aliphatic carbocycles. The number of hydrogen-bond acceptors (Lipinski definition) is 6. The van der Waals surface area contributed by atoms with E-state index >= 15 is 0 Å². The van der Waals surface area contributed by atoms with Crippen LogP contribution in [0.1, 0.15) is 34.1 Å². The molecule has 0 bridgehead atoms. The zero-order valence-electron chi connectivity index (χ0n) is 15.1. The van der Waals surface area contributed by atoms with Gasteiger partial charge in [-0.25, -0.2) is 4.79 Å². The molecule has 4 atom stereocenters. The third-order valence-corrected chi connectivity index (χ3v) is 3.52. The van der Waals surface area contributed by atoms with E-state index in [-0.39, 0.29) is 5.92 Å². The largest absolute Gasteiger partial charge is 0.481 e. The highest BCUT2D eigenvalue weighted by Crippen LogP contribution is 1.99. The molecule has 11 heteroatoms. The molecule has 0 saturated carbocycles. The lowest BCUT2D eigenvalue weighted by Gasteiger charge is -2.22. The van der Waals surface area contributed by atoms with Crippen LogP contribution >= 0.6 is 0 Å². The molecule has 26 heavy (non-hydrogen) atoms. The number of nitrogens with two attached hydrogens (primary N) is 1. The standard InChI is InChI=1S/C15H26N4O7/c1-6(2)11(16)14(24)18-7(3)12(22)17-8(4)13(23)19-9(15(25)26)5-10(20)21/h6-9,11H,5,16H2,1-4H3,(H,17,22)(H,18,24)(H,19,23)(H,20,21)(H,25,26)/t7-,8-,9-,11-/m0/s1. The van der Waals surface area contributed by atoms with Crippen LogP contribution in [0.3, 0.4) is 0 Å². The summed E-state index contributed by atoms with van der Waals surface area (Å²) >= 11 is 0. The summed E-state index contributed by atoms with van der Waals surface area (Å²) in [5, 5.41) is 24.3. The van der Waals surface area contributed by atoms with E-state index in [1.165, 1.54) is 13.8 Å². The van der Waals surface area contributed by atoms with Crippen LogP contribution in [0.4, 0.5) is 0 Å². The van der Waals surface area contributed by atoms with E-state index in [1.807, 2.05) is 5.32 Å². The first-order valence-corrected chi connectivity index (χ1v) is 7.98. The highest BCUT2D eigenvalue weighted by molar-refractivity contribution is 5.94. The molecule has 0 aliphatic heterocycles. The maximum atomic E-state index is 12.0. The Morgan fingerprint density at radius 1 is 0.808 bits per heavy atom. The number of carboxylic acids is 2. The Morgan fingerprint density at radius 3 is 1.62 bits per heavy atom. The van der Waals surface area contributed by atoms with Crippen molar-refractivity contribution in [1.29, 1.82) is 0 Å². The molecule has 0 aliphatic rings. The molecule has 0 aromatic carbocycles. The van der Waals surface area contributed by atoms with Crippen molar-refractivity contribution < 1.29 is 34.2 Å². The maximum absolute atomic E-state index is 12.0. The monoisotopic (exact) mass is 374 g/mol. The molecule has 0 heterocycles. The van der Waals surface area contributed by atoms with E-state index in [4.69, 9.17) is 15.9 Å². The molecular weight excluding hydrogens is 348 g/mol. The van der Waals surface area contributed by atoms with Crippen LogP contribution in [0.5, 0.6) is 0 Å². The lowest BCUT2D eigenvalue weighted by Crippen LogP contribution is -2.56. The van der Waals surface area contributed by atoms with E-state index in [0.29, 0.717) is 0 Å². The lowest BCUT2D eigenvalue weighted by atomic mass is 10.0. The van der Waals surface area contributed by atoms with Crippen molar-refractivity contribution in [3.8, 4) is 0 Å². The van der Waals surface area contributed by atoms with Gasteiger partial charge < -0.3 is 31.9 Å². The van der Waals surface area contributed by atoms with Crippen molar-refractivity contribution in [2.45, 2.75) is 58.3 Å². The summed E-state index contributed by atoms with van der Waals surface area (Å²) in [6, 6.07) is -4.54. The van der Waals surface area contributed by atoms with Crippen LogP contribution < -0.4 is 21.7 Å². The lowest BCUT2D eigenvalue weighted by molar-refractivity contribution is -0.147. The van der Waals surface area contributed by atoms with Crippen molar-refractivity contribution in [2.24, 2.45) is 11.7 Å². The van der Waals surface area contributed by atoms with Crippen molar-refractivity contribution in [1.82, 2.24) is 16.0 Å². The van der Waals surface area contributed by atoms with Gasteiger partial charge in [0.25, 0.3) is 0 Å². The molecule has 0 radical (unpaired) electrons. The van der Waals surface area contributed by atoms with Crippen LogP contribution in [-0.2, 0) is 24.0 Å². The summed E-state index contributed by atoms with van der Waals surface area (Å²) < 4.78 is 0. The Bertz CT molecular complexity index is 564. The van der Waals surface area contributed by atoms with E-state index in [9.17, 15) is 24.0 Å². The second-order valence-corrected chi connectivity index (χ2v) is 6.23. The molecule has 0 spiro atoms. The minimum absolute atomic E-state index is 0.128. The van der Waals surface area contributed by atoms with Crippen LogP contribution in [0, 0.1) is 5.92 Å². The van der Waals surface area contributed by atoms with Gasteiger partial charge in [0.15, 0.2) is 0 Å². The number of rotatable bonds is 10. The summed E-state index contributed by atoms with van der Waals surface area (Å²) in [7, 11) is 0. The Labute approximate surface area is 150 Å². The number of nitrogens with one attached hydrogen (secondary N) is 3. The van der Waals surface area contributed by atoms with E-state index < -0.39 is 60.2 Å². The van der Waals surface area contributed by atoms with Crippen LogP contribution in [0.2, 0.25) is 0 Å². The molecule has 0 saturated heterocycles. The summed E-state index contributed by atoms with van der Waals surface area (Å²) in [4.78, 5) is 57.3. The van der Waals surface area contributed by atoms with Gasteiger partial charge in [-0.2, -0.15) is 0 Å². The normalized spacial score (nSPS) is 15.3. The molecule has 0 unspecified atom stereocenters. The first-order chi connectivity index (χ1) is 11.9. The minimum atomic E-state index is -1.62. The number of aliphatic carboxylic acids is 2. The average molecular weight is 374 g/mol. The van der Waals surface area contributed by atoms with Gasteiger partial charge in [0.05, 0.1) is 12.5 Å². The third kappa shape index (κ3) is 7.92. The minimum Gasteiger partial charge on any atom is -0.481 e. The summed E-state index contributed by atoms with van der Waals surface area (Å²) in [5.74, 6) is -5.11. The van der Waals surface area contributed by atoms with Crippen molar-refractivity contribution in [3.63, 3.8) is 0 Å². The Kier molecular flexibility index (Phi) is 9.27. The number of amides is 3. The molecule has 0 rings (SSSR count). The quantitative estimate of drug-likeness (QED) is 0.254. The Hall–Kier alpha value is -2.69. The van der Waals surface area contributed by atoms with Crippen molar-refractivity contribution in [3.05, 3.63) is 0 Å². The van der Waals surface area contributed by atoms with Crippen LogP contribution in [0.25, 0.3) is 0 Å². The second kappa shape index (κ2) is 10.3. The molecule has 0 aromatic rings. The van der Waals surface area contributed by atoms with Crippen LogP contribution in [0.15, 0.2) is 0 Å². The van der Waals surface area contributed by atoms with Crippen molar-refractivity contribution >= 4 is 29.7 Å². The van der Waals surface area contributed by atoms with Gasteiger partial charge in [-0.3, -0.25) is 19.2 Å². The highest BCUT2D eigenvalue weighted by atomic mass is 16.4. The predicted octanol–water partition coefficient (Wildman–Crippen LogP) is -1.98. The molecular formula is C15H26N4O7. The number of carbonyl (C=O) groups excluding carboxylic acids is 3. The number of carbonyl (C=O) groups is 5. The van der Waals surface area contributed by atoms with Gasteiger partial charge in [-0.1, -0.05) is 13.8 Å². The van der Waals surface area contributed by atoms with E-state index in [1.54, 1.807) is 13.8 Å². The molecule has 7 N–H and O–H groups in total. The Morgan fingerprint density at radius 2 is 1.23 bits per heavy atom. The van der Waals surface area contributed by atoms with Gasteiger partial charge in [0.1, 0.15) is 18.1 Å². The van der Waals surface area contributed by atoms with Gasteiger partial charge in [0.2, 0.25) is 17.7 Å². The summed E-state index contributed by atoms with van der Waals surface area (Å²) in [5.41, 5.74) is 5.67. The molecule has 0 fully saturated rings. The van der Waals surface area contributed by atoms with E-state index in [0.717, 1.165) is 0 Å². The van der Waals surface area contributed by atoms with Gasteiger partial charge in [-0.05, 0) is 19.8 Å².